The van der Waals surface area contributed by atoms with Crippen LogP contribution in [0.25, 0.3) is 5.69 Å². The number of aromatic nitrogens is 2. The van der Waals surface area contributed by atoms with Crippen molar-refractivity contribution in [3.63, 3.8) is 0 Å². The van der Waals surface area contributed by atoms with Crippen molar-refractivity contribution in [2.75, 3.05) is 37.7 Å². The number of hydrogen-bond donors (Lipinski definition) is 0. The molecule has 0 radical (unpaired) electrons. The number of piperazine rings is 1. The largest absolute Gasteiger partial charge is 0.452 e. The van der Waals surface area contributed by atoms with E-state index in [0.717, 1.165) is 5.69 Å². The second-order valence-electron chi connectivity index (χ2n) is 7.56. The molecule has 1 aliphatic rings. The van der Waals surface area contributed by atoms with Gasteiger partial charge in [-0.1, -0.05) is 11.6 Å². The van der Waals surface area contributed by atoms with Crippen LogP contribution in [-0.2, 0) is 9.53 Å². The number of carbonyl (C=O) groups excluding carboxylic acids is 2. The molecule has 7 nitrogen and oxygen atoms in total. The van der Waals surface area contributed by atoms with E-state index in [9.17, 15) is 18.4 Å². The van der Waals surface area contributed by atoms with Gasteiger partial charge in [0.25, 0.3) is 5.91 Å². The van der Waals surface area contributed by atoms with E-state index in [4.69, 9.17) is 16.3 Å². The van der Waals surface area contributed by atoms with Gasteiger partial charge in [-0.25, -0.2) is 18.3 Å². The zero-order valence-electron chi connectivity index (χ0n) is 17.8. The monoisotopic (exact) mass is 474 g/mol. The zero-order valence-corrected chi connectivity index (χ0v) is 18.6. The van der Waals surface area contributed by atoms with Crippen LogP contribution in [-0.4, -0.2) is 59.3 Å². The third kappa shape index (κ3) is 4.98. The van der Waals surface area contributed by atoms with Crippen LogP contribution in [0.3, 0.4) is 0 Å². The summed E-state index contributed by atoms with van der Waals surface area (Å²) in [6, 6.07) is 11.7. The van der Waals surface area contributed by atoms with Gasteiger partial charge in [0.1, 0.15) is 22.4 Å². The van der Waals surface area contributed by atoms with Crippen LogP contribution in [0.5, 0.6) is 0 Å². The third-order valence-electron chi connectivity index (χ3n) is 5.43. The van der Waals surface area contributed by atoms with Crippen LogP contribution < -0.4 is 4.90 Å². The summed E-state index contributed by atoms with van der Waals surface area (Å²) in [6.45, 7) is 3.25. The molecule has 10 heteroatoms. The van der Waals surface area contributed by atoms with E-state index in [2.05, 4.69) is 10.00 Å². The Bertz CT molecular complexity index is 1160. The van der Waals surface area contributed by atoms with Crippen LogP contribution in [0.1, 0.15) is 16.1 Å². The van der Waals surface area contributed by atoms with Gasteiger partial charge in [-0.15, -0.1) is 0 Å². The molecule has 1 amide bonds. The van der Waals surface area contributed by atoms with Gasteiger partial charge in [-0.05, 0) is 55.5 Å². The summed E-state index contributed by atoms with van der Waals surface area (Å²) in [4.78, 5) is 28.8. The van der Waals surface area contributed by atoms with Crippen molar-refractivity contribution in [1.82, 2.24) is 14.7 Å². The quantitative estimate of drug-likeness (QED) is 0.528. The smallest absolute Gasteiger partial charge is 0.343 e. The van der Waals surface area contributed by atoms with Crippen molar-refractivity contribution in [2.45, 2.75) is 6.92 Å². The first kappa shape index (κ1) is 22.7. The summed E-state index contributed by atoms with van der Waals surface area (Å²) in [6.07, 6.45) is 0. The normalized spacial score (nSPS) is 13.8. The lowest BCUT2D eigenvalue weighted by Gasteiger charge is -2.36. The molecule has 3 aromatic rings. The number of ether oxygens (including phenoxy) is 1. The maximum Gasteiger partial charge on any atom is 0.343 e. The molecule has 1 aromatic heterocycles. The molecule has 4 rings (SSSR count). The second kappa shape index (κ2) is 9.58. The molecule has 2 heterocycles. The number of hydrogen-bond acceptors (Lipinski definition) is 5. The number of amides is 1. The Kier molecular flexibility index (Phi) is 6.60. The number of aryl methyl sites for hydroxylation is 1. The molecule has 2 aromatic carbocycles. The summed E-state index contributed by atoms with van der Waals surface area (Å²) >= 11 is 6.33. The highest BCUT2D eigenvalue weighted by Gasteiger charge is 2.26. The Balaban J connectivity index is 1.34. The fraction of sp³-hybridized carbons (Fsp3) is 0.261. The van der Waals surface area contributed by atoms with Crippen LogP contribution in [0.2, 0.25) is 5.15 Å². The molecule has 0 N–H and O–H groups in total. The van der Waals surface area contributed by atoms with Gasteiger partial charge in [0.05, 0.1) is 11.4 Å². The maximum absolute atomic E-state index is 13.2. The predicted octanol–water partition coefficient (Wildman–Crippen LogP) is 3.62. The van der Waals surface area contributed by atoms with Crippen molar-refractivity contribution >= 4 is 29.2 Å². The summed E-state index contributed by atoms with van der Waals surface area (Å²) in [5, 5.41) is 4.25. The highest BCUT2D eigenvalue weighted by atomic mass is 35.5. The van der Waals surface area contributed by atoms with E-state index >= 15 is 0 Å². The van der Waals surface area contributed by atoms with Crippen molar-refractivity contribution in [3.05, 3.63) is 76.6 Å². The van der Waals surface area contributed by atoms with Crippen LogP contribution >= 0.6 is 11.6 Å². The van der Waals surface area contributed by atoms with Crippen molar-refractivity contribution < 1.29 is 23.1 Å². The number of benzene rings is 2. The first-order chi connectivity index (χ1) is 15.8. The maximum atomic E-state index is 13.2. The van der Waals surface area contributed by atoms with E-state index in [1.54, 1.807) is 24.0 Å². The first-order valence-corrected chi connectivity index (χ1v) is 10.7. The van der Waals surface area contributed by atoms with Gasteiger partial charge in [0, 0.05) is 31.9 Å². The lowest BCUT2D eigenvalue weighted by atomic mass is 10.2. The highest BCUT2D eigenvalue weighted by Crippen LogP contribution is 2.24. The molecule has 0 unspecified atom stereocenters. The second-order valence-corrected chi connectivity index (χ2v) is 7.92. The molecule has 1 fully saturated rings. The number of halogens is 3. The summed E-state index contributed by atoms with van der Waals surface area (Å²) < 4.78 is 32.8. The average molecular weight is 475 g/mol. The average Bonchev–Trinajstić information content (AvgIpc) is 3.12. The van der Waals surface area contributed by atoms with Crippen LogP contribution in [0.4, 0.5) is 14.5 Å². The molecule has 0 aliphatic carbocycles. The number of carbonyl (C=O) groups is 2. The minimum Gasteiger partial charge on any atom is -0.452 e. The summed E-state index contributed by atoms with van der Waals surface area (Å²) in [5.74, 6) is -1.78. The van der Waals surface area contributed by atoms with Crippen LogP contribution in [0.15, 0.2) is 48.5 Å². The molecule has 0 atom stereocenters. The van der Waals surface area contributed by atoms with Crippen molar-refractivity contribution in [2.24, 2.45) is 0 Å². The van der Waals surface area contributed by atoms with E-state index in [0.29, 0.717) is 37.6 Å². The standard InChI is InChI=1S/C23H21ClF2N4O3/c1-15-21(22(24)30(27-15)19-8-4-17(26)5-9-19)23(32)33-14-20(31)29-12-10-28(11-13-29)18-6-2-16(25)3-7-18/h2-9H,10-14H2,1H3. The Morgan fingerprint density at radius 1 is 0.939 bits per heavy atom. The van der Waals surface area contributed by atoms with E-state index in [-0.39, 0.29) is 22.4 Å². The highest BCUT2D eigenvalue weighted by molar-refractivity contribution is 6.33. The summed E-state index contributed by atoms with van der Waals surface area (Å²) in [5.41, 5.74) is 1.75. The fourth-order valence-electron chi connectivity index (χ4n) is 3.64. The zero-order chi connectivity index (χ0) is 23.5. The topological polar surface area (TPSA) is 67.7 Å². The van der Waals surface area contributed by atoms with Gasteiger partial charge >= 0.3 is 5.97 Å². The summed E-state index contributed by atoms with van der Waals surface area (Å²) in [7, 11) is 0. The molecule has 172 valence electrons. The Labute approximate surface area is 194 Å². The molecule has 0 spiro atoms. The lowest BCUT2D eigenvalue weighted by Crippen LogP contribution is -2.49. The SMILES string of the molecule is Cc1nn(-c2ccc(F)cc2)c(Cl)c1C(=O)OCC(=O)N1CCN(c2ccc(F)cc2)CC1. The predicted molar refractivity (Wildman–Crippen MR) is 119 cm³/mol. The number of nitrogens with zero attached hydrogens (tertiary/aromatic N) is 4. The molecule has 0 saturated carbocycles. The molecular weight excluding hydrogens is 454 g/mol. The van der Waals surface area contributed by atoms with Gasteiger partial charge in [-0.3, -0.25) is 4.79 Å². The number of anilines is 1. The Hall–Kier alpha value is -3.46. The van der Waals surface area contributed by atoms with Gasteiger partial charge < -0.3 is 14.5 Å². The molecular formula is C23H21ClF2N4O3. The Morgan fingerprint density at radius 2 is 1.48 bits per heavy atom. The molecule has 1 aliphatic heterocycles. The lowest BCUT2D eigenvalue weighted by molar-refractivity contribution is -0.134. The van der Waals surface area contributed by atoms with Crippen molar-refractivity contribution in [3.8, 4) is 5.69 Å². The Morgan fingerprint density at radius 3 is 2.06 bits per heavy atom. The molecule has 1 saturated heterocycles. The third-order valence-corrected chi connectivity index (χ3v) is 5.78. The number of rotatable bonds is 5. The number of esters is 1. The van der Waals surface area contributed by atoms with Crippen molar-refractivity contribution in [1.29, 1.82) is 0 Å². The van der Waals surface area contributed by atoms with Gasteiger partial charge in [0.15, 0.2) is 6.61 Å². The van der Waals surface area contributed by atoms with E-state index in [1.807, 2.05) is 0 Å². The van der Waals surface area contributed by atoms with Gasteiger partial charge in [-0.2, -0.15) is 5.10 Å². The molecule has 33 heavy (non-hydrogen) atoms. The van der Waals surface area contributed by atoms with Gasteiger partial charge in [0.2, 0.25) is 0 Å². The molecule has 0 bridgehead atoms. The fourth-order valence-corrected chi connectivity index (χ4v) is 3.99. The van der Waals surface area contributed by atoms with E-state index in [1.165, 1.54) is 41.1 Å². The minimum atomic E-state index is -0.760. The van der Waals surface area contributed by atoms with Crippen LogP contribution in [0, 0.1) is 18.6 Å². The first-order valence-electron chi connectivity index (χ1n) is 10.3. The minimum absolute atomic E-state index is 0.0180. The van der Waals surface area contributed by atoms with E-state index < -0.39 is 18.4 Å².